The van der Waals surface area contributed by atoms with Gasteiger partial charge in [0.1, 0.15) is 5.82 Å². The molecule has 3 aromatic heterocycles. The Kier molecular flexibility index (Phi) is 5.18. The largest absolute Gasteiger partial charge is 0.375 e. The lowest BCUT2D eigenvalue weighted by molar-refractivity contribution is 0.0612. The van der Waals surface area contributed by atoms with E-state index < -0.39 is 0 Å². The molecule has 1 fully saturated rings. The minimum Gasteiger partial charge on any atom is -0.375 e. The zero-order chi connectivity index (χ0) is 19.5. The third kappa shape index (κ3) is 3.80. The second-order valence-electron chi connectivity index (χ2n) is 6.70. The number of anilines is 1. The van der Waals surface area contributed by atoms with Gasteiger partial charge in [0.2, 0.25) is 0 Å². The summed E-state index contributed by atoms with van der Waals surface area (Å²) in [6.45, 7) is 5.91. The molecule has 1 aliphatic heterocycles. The molecule has 0 aliphatic carbocycles. The molecule has 3 aromatic rings. The summed E-state index contributed by atoms with van der Waals surface area (Å²) in [5.41, 5.74) is 2.68. The number of fused-ring (bicyclic) bond motifs is 1. The molecule has 2 atom stereocenters. The second-order valence-corrected chi connectivity index (χ2v) is 6.70. The average molecular weight is 381 g/mol. The predicted octanol–water partition coefficient (Wildman–Crippen LogP) is 1.62. The first-order valence-corrected chi connectivity index (χ1v) is 9.30. The molecule has 0 spiro atoms. The van der Waals surface area contributed by atoms with Gasteiger partial charge in [0.15, 0.2) is 0 Å². The third-order valence-corrected chi connectivity index (χ3v) is 4.68. The fourth-order valence-electron chi connectivity index (χ4n) is 3.37. The van der Waals surface area contributed by atoms with E-state index in [1.165, 1.54) is 0 Å². The number of hydrogen-bond donors (Lipinski definition) is 3. The first kappa shape index (κ1) is 18.3. The van der Waals surface area contributed by atoms with E-state index >= 15 is 0 Å². The van der Waals surface area contributed by atoms with Crippen LogP contribution in [0.2, 0.25) is 0 Å². The highest BCUT2D eigenvalue weighted by molar-refractivity contribution is 5.91. The van der Waals surface area contributed by atoms with Crippen molar-refractivity contribution in [3.63, 3.8) is 0 Å². The van der Waals surface area contributed by atoms with Crippen LogP contribution < -0.4 is 16.0 Å². The molecule has 28 heavy (non-hydrogen) atoms. The summed E-state index contributed by atoms with van der Waals surface area (Å²) in [4.78, 5) is 20.9. The number of nitrogens with one attached hydrogen (secondary N) is 3. The van der Waals surface area contributed by atoms with Gasteiger partial charge in [0.05, 0.1) is 35.7 Å². The highest BCUT2D eigenvalue weighted by atomic mass is 16.5. The summed E-state index contributed by atoms with van der Waals surface area (Å²) < 4.78 is 7.44. The van der Waals surface area contributed by atoms with Gasteiger partial charge in [-0.3, -0.25) is 10.3 Å². The lowest BCUT2D eigenvalue weighted by atomic mass is 10.2. The summed E-state index contributed by atoms with van der Waals surface area (Å²) in [5, 5.41) is 14.3. The van der Waals surface area contributed by atoms with Gasteiger partial charge in [-0.2, -0.15) is 5.10 Å². The number of carbonyl (C=O) groups is 1. The van der Waals surface area contributed by atoms with Crippen molar-refractivity contribution >= 4 is 22.8 Å². The Morgan fingerprint density at radius 1 is 1.32 bits per heavy atom. The topological polar surface area (TPSA) is 106 Å². The normalized spacial score (nSPS) is 19.1. The van der Waals surface area contributed by atoms with Crippen LogP contribution in [0, 0.1) is 6.92 Å². The summed E-state index contributed by atoms with van der Waals surface area (Å²) in [5.74, 6) is 0.467. The van der Waals surface area contributed by atoms with Crippen LogP contribution in [0.25, 0.3) is 16.6 Å². The molecule has 0 aromatic carbocycles. The molecule has 146 valence electrons. The lowest BCUT2D eigenvalue weighted by Gasteiger charge is -2.19. The maximum absolute atomic E-state index is 12.3. The van der Waals surface area contributed by atoms with Crippen LogP contribution in [0.5, 0.6) is 0 Å². The average Bonchev–Trinajstić information content (AvgIpc) is 3.28. The maximum Gasteiger partial charge on any atom is 0.320 e. The van der Waals surface area contributed by atoms with E-state index in [1.54, 1.807) is 29.3 Å². The first-order valence-electron chi connectivity index (χ1n) is 9.30. The SMILES string of the molecule is CCO[C@H]1CNC[C@@H]1NC(=O)Nc1cc2cnn(-c3ccnc(C)c3)c2cn1. The van der Waals surface area contributed by atoms with Gasteiger partial charge < -0.3 is 15.4 Å². The number of nitrogens with zero attached hydrogens (tertiary/aromatic N) is 4. The number of ether oxygens (including phenoxy) is 1. The summed E-state index contributed by atoms with van der Waals surface area (Å²) in [6.07, 6.45) is 5.18. The molecule has 0 saturated carbocycles. The molecular formula is C19H23N7O2. The number of amides is 2. The maximum atomic E-state index is 12.3. The number of aromatic nitrogens is 4. The van der Waals surface area contributed by atoms with Crippen molar-refractivity contribution in [1.29, 1.82) is 0 Å². The molecular weight excluding hydrogens is 358 g/mol. The van der Waals surface area contributed by atoms with Gasteiger partial charge in [-0.25, -0.2) is 14.5 Å². The van der Waals surface area contributed by atoms with Gasteiger partial charge >= 0.3 is 6.03 Å². The number of carbonyl (C=O) groups excluding carboxylic acids is 1. The Hall–Kier alpha value is -3.04. The number of pyridine rings is 2. The Bertz CT molecular complexity index is 987. The van der Waals surface area contributed by atoms with Crippen LogP contribution in [0.1, 0.15) is 12.6 Å². The summed E-state index contributed by atoms with van der Waals surface area (Å²) in [6, 6.07) is 5.28. The fraction of sp³-hybridized carbons (Fsp3) is 0.368. The third-order valence-electron chi connectivity index (χ3n) is 4.68. The molecule has 0 bridgehead atoms. The number of aryl methyl sites for hydroxylation is 1. The van der Waals surface area contributed by atoms with Gasteiger partial charge in [-0.1, -0.05) is 0 Å². The van der Waals surface area contributed by atoms with Crippen LogP contribution in [0.3, 0.4) is 0 Å². The Morgan fingerprint density at radius 2 is 2.21 bits per heavy atom. The molecule has 4 heterocycles. The van der Waals surface area contributed by atoms with E-state index in [9.17, 15) is 4.79 Å². The van der Waals surface area contributed by atoms with Crippen LogP contribution in [-0.4, -0.2) is 57.6 Å². The number of rotatable bonds is 5. The molecule has 9 nitrogen and oxygen atoms in total. The lowest BCUT2D eigenvalue weighted by Crippen LogP contribution is -2.45. The predicted molar refractivity (Wildman–Crippen MR) is 106 cm³/mol. The zero-order valence-electron chi connectivity index (χ0n) is 15.8. The van der Waals surface area contributed by atoms with Crippen molar-refractivity contribution in [1.82, 2.24) is 30.4 Å². The second kappa shape index (κ2) is 7.91. The standard InChI is InChI=1S/C19H23N7O2/c1-3-28-17-11-20-9-15(17)24-19(27)25-18-7-13-8-23-26(16(13)10-22-18)14-4-5-21-12(2)6-14/h4-8,10,15,17,20H,3,9,11H2,1-2H3,(H2,22,24,25,27)/t15-,17-/m0/s1. The minimum absolute atomic E-state index is 0.0201. The highest BCUT2D eigenvalue weighted by Crippen LogP contribution is 2.20. The van der Waals surface area contributed by atoms with Crippen LogP contribution in [-0.2, 0) is 4.74 Å². The smallest absolute Gasteiger partial charge is 0.320 e. The molecule has 4 rings (SSSR count). The van der Waals surface area contributed by atoms with Crippen LogP contribution in [0.4, 0.5) is 10.6 Å². The quantitative estimate of drug-likeness (QED) is 0.620. The fourth-order valence-corrected chi connectivity index (χ4v) is 3.37. The van der Waals surface area contributed by atoms with Crippen molar-refractivity contribution in [3.05, 3.63) is 42.5 Å². The zero-order valence-corrected chi connectivity index (χ0v) is 15.8. The molecule has 2 amide bonds. The van der Waals surface area contributed by atoms with E-state index in [-0.39, 0.29) is 18.2 Å². The van der Waals surface area contributed by atoms with E-state index in [4.69, 9.17) is 4.74 Å². The van der Waals surface area contributed by atoms with Gasteiger partial charge in [-0.15, -0.1) is 0 Å². The van der Waals surface area contributed by atoms with Crippen molar-refractivity contribution in [3.8, 4) is 5.69 Å². The van der Waals surface area contributed by atoms with E-state index in [1.807, 2.05) is 26.0 Å². The highest BCUT2D eigenvalue weighted by Gasteiger charge is 2.28. The first-order chi connectivity index (χ1) is 13.6. The Labute approximate surface area is 162 Å². The van der Waals surface area contributed by atoms with Crippen molar-refractivity contribution in [2.45, 2.75) is 26.0 Å². The molecule has 9 heteroatoms. The molecule has 3 N–H and O–H groups in total. The summed E-state index contributed by atoms with van der Waals surface area (Å²) >= 11 is 0. The van der Waals surface area contributed by atoms with Crippen molar-refractivity contribution in [2.75, 3.05) is 25.0 Å². The van der Waals surface area contributed by atoms with E-state index in [0.29, 0.717) is 19.0 Å². The van der Waals surface area contributed by atoms with Crippen LogP contribution in [0.15, 0.2) is 36.8 Å². The molecule has 0 radical (unpaired) electrons. The van der Waals surface area contributed by atoms with E-state index in [2.05, 4.69) is 31.0 Å². The monoisotopic (exact) mass is 381 g/mol. The van der Waals surface area contributed by atoms with Crippen molar-refractivity contribution < 1.29 is 9.53 Å². The molecule has 1 saturated heterocycles. The van der Waals surface area contributed by atoms with Gasteiger partial charge in [0.25, 0.3) is 0 Å². The number of urea groups is 1. The number of hydrogen-bond acceptors (Lipinski definition) is 6. The Balaban J connectivity index is 1.47. The van der Waals surface area contributed by atoms with Gasteiger partial charge in [-0.05, 0) is 32.0 Å². The Morgan fingerprint density at radius 3 is 3.04 bits per heavy atom. The minimum atomic E-state index is -0.303. The van der Waals surface area contributed by atoms with Crippen molar-refractivity contribution in [2.24, 2.45) is 0 Å². The van der Waals surface area contributed by atoms with Crippen LogP contribution >= 0.6 is 0 Å². The molecule has 0 unspecified atom stereocenters. The van der Waals surface area contributed by atoms with E-state index in [0.717, 1.165) is 28.8 Å². The van der Waals surface area contributed by atoms with Gasteiger partial charge in [0, 0.05) is 37.0 Å². The molecule has 1 aliphatic rings. The summed E-state index contributed by atoms with van der Waals surface area (Å²) in [7, 11) is 0.